The number of carbonyl (C=O) groups is 1. The van der Waals surface area contributed by atoms with Crippen LogP contribution >= 0.6 is 0 Å². The van der Waals surface area contributed by atoms with Gasteiger partial charge in [0.1, 0.15) is 5.78 Å². The molecule has 0 rings (SSSR count). The van der Waals surface area contributed by atoms with E-state index in [9.17, 15) is 10.0 Å². The molecule has 0 aromatic carbocycles. The smallest absolute Gasteiger partial charge is 0.133 e. The monoisotopic (exact) mass is 367 g/mol. The molecule has 0 saturated heterocycles. The number of allylic oxidation sites excluding steroid dienone is 2. The Hall–Kier alpha value is -0.670. The number of carbonyl (C=O) groups excluding carboxylic acids is 1. The summed E-state index contributed by atoms with van der Waals surface area (Å²) in [5, 5.41) is 11.4. The van der Waals surface area contributed by atoms with Crippen LogP contribution in [0.15, 0.2) is 12.2 Å². The van der Waals surface area contributed by atoms with E-state index in [-0.39, 0.29) is 4.65 Å². The second-order valence-electron chi connectivity index (χ2n) is 8.27. The number of hydrogen-bond acceptors (Lipinski definition) is 2. The molecule has 0 heterocycles. The van der Waals surface area contributed by atoms with Gasteiger partial charge in [-0.15, -0.1) is 0 Å². The fraction of sp³-hybridized carbons (Fsp3) is 0.870. The van der Waals surface area contributed by atoms with Crippen LogP contribution in [0.4, 0.5) is 0 Å². The van der Waals surface area contributed by atoms with Gasteiger partial charge in [-0.05, 0) is 32.1 Å². The van der Waals surface area contributed by atoms with Gasteiger partial charge in [-0.25, -0.2) is 0 Å². The molecule has 0 amide bonds. The summed E-state index contributed by atoms with van der Waals surface area (Å²) in [4.78, 5) is 11.7. The number of hydrogen-bond donors (Lipinski definition) is 0. The first-order valence-corrected chi connectivity index (χ1v) is 11.2. The predicted molar refractivity (Wildman–Crippen MR) is 114 cm³/mol. The van der Waals surface area contributed by atoms with E-state index in [0.717, 1.165) is 19.3 Å². The van der Waals surface area contributed by atoms with E-state index in [4.69, 9.17) is 0 Å². The van der Waals surface area contributed by atoms with E-state index in [0.29, 0.717) is 25.2 Å². The maximum Gasteiger partial charge on any atom is 0.133 e. The molecule has 0 unspecified atom stereocenters. The third kappa shape index (κ3) is 21.4. The average Bonchev–Trinajstić information content (AvgIpc) is 2.57. The lowest BCUT2D eigenvalue weighted by Gasteiger charge is -2.33. The Labute approximate surface area is 163 Å². The number of Topliss-reactive ketones (excluding diaryl/α,β-unsaturated/α-hetero) is 1. The minimum absolute atomic E-state index is 0.291. The van der Waals surface area contributed by atoms with Gasteiger partial charge in [0.05, 0.1) is 20.6 Å². The maximum absolute atomic E-state index is 11.7. The van der Waals surface area contributed by atoms with Crippen LogP contribution in [0.2, 0.25) is 0 Å². The SMILES string of the molecule is CCCCCCCC/C=C\CCCCCCCC(=O)CCC[N+](C)(C)[O-]. The summed E-state index contributed by atoms with van der Waals surface area (Å²) in [6, 6.07) is 0. The molecular formula is C23H45NO2. The highest BCUT2D eigenvalue weighted by Gasteiger charge is 2.06. The molecule has 0 aromatic heterocycles. The number of rotatable bonds is 19. The summed E-state index contributed by atoms with van der Waals surface area (Å²) in [7, 11) is 3.27. The lowest BCUT2D eigenvalue weighted by atomic mass is 10.0. The van der Waals surface area contributed by atoms with Crippen molar-refractivity contribution in [2.45, 2.75) is 110 Å². The zero-order chi connectivity index (χ0) is 19.5. The van der Waals surface area contributed by atoms with Gasteiger partial charge in [-0.2, -0.15) is 0 Å². The number of unbranched alkanes of at least 4 members (excludes halogenated alkanes) is 11. The summed E-state index contributed by atoms with van der Waals surface area (Å²) >= 11 is 0. The third-order valence-electron chi connectivity index (χ3n) is 4.87. The van der Waals surface area contributed by atoms with Crippen LogP contribution in [0, 0.1) is 5.21 Å². The Morgan fingerprint density at radius 3 is 1.73 bits per heavy atom. The van der Waals surface area contributed by atoms with E-state index in [2.05, 4.69) is 19.1 Å². The zero-order valence-electron chi connectivity index (χ0n) is 17.9. The molecule has 0 spiro atoms. The van der Waals surface area contributed by atoms with Gasteiger partial charge in [0, 0.05) is 19.3 Å². The second-order valence-corrected chi connectivity index (χ2v) is 8.27. The van der Waals surface area contributed by atoms with Crippen LogP contribution in [-0.2, 0) is 4.79 Å². The van der Waals surface area contributed by atoms with Gasteiger partial charge >= 0.3 is 0 Å². The Balaban J connectivity index is 3.25. The summed E-state index contributed by atoms with van der Waals surface area (Å²) in [6.07, 6.45) is 23.4. The van der Waals surface area contributed by atoms with Gasteiger partial charge in [0.25, 0.3) is 0 Å². The molecule has 0 saturated carbocycles. The van der Waals surface area contributed by atoms with Gasteiger partial charge in [-0.1, -0.05) is 70.4 Å². The molecule has 3 nitrogen and oxygen atoms in total. The normalized spacial score (nSPS) is 12.2. The van der Waals surface area contributed by atoms with Crippen molar-refractivity contribution in [3.63, 3.8) is 0 Å². The number of quaternary nitrogens is 1. The van der Waals surface area contributed by atoms with E-state index >= 15 is 0 Å². The minimum atomic E-state index is -0.291. The largest absolute Gasteiger partial charge is 0.633 e. The van der Waals surface area contributed by atoms with Crippen LogP contribution in [0.25, 0.3) is 0 Å². The van der Waals surface area contributed by atoms with E-state index in [1.807, 2.05) is 0 Å². The van der Waals surface area contributed by atoms with Crippen molar-refractivity contribution in [2.75, 3.05) is 20.6 Å². The molecule has 3 heteroatoms. The molecule has 0 atom stereocenters. The lowest BCUT2D eigenvalue weighted by Crippen LogP contribution is -2.33. The quantitative estimate of drug-likeness (QED) is 0.107. The summed E-state index contributed by atoms with van der Waals surface area (Å²) in [5.41, 5.74) is 0. The minimum Gasteiger partial charge on any atom is -0.633 e. The third-order valence-corrected chi connectivity index (χ3v) is 4.87. The fourth-order valence-corrected chi connectivity index (χ4v) is 3.17. The highest BCUT2D eigenvalue weighted by atomic mass is 16.5. The summed E-state index contributed by atoms with van der Waals surface area (Å²) in [5.74, 6) is 0.330. The highest BCUT2D eigenvalue weighted by molar-refractivity contribution is 5.78. The van der Waals surface area contributed by atoms with Crippen molar-refractivity contribution in [1.82, 2.24) is 0 Å². The first kappa shape index (κ1) is 25.3. The Morgan fingerprint density at radius 2 is 1.19 bits per heavy atom. The standard InChI is InChI=1S/C23H45NO2/c1-4-5-6-7-8-9-10-11-12-13-14-15-16-17-18-20-23(25)21-19-22-24(2,3)26/h11-12H,4-10,13-22H2,1-3H3/b12-11-. The lowest BCUT2D eigenvalue weighted by molar-refractivity contribution is -0.840. The van der Waals surface area contributed by atoms with Crippen molar-refractivity contribution in [3.05, 3.63) is 17.4 Å². The van der Waals surface area contributed by atoms with Crippen molar-refractivity contribution >= 4 is 5.78 Å². The van der Waals surface area contributed by atoms with Crippen molar-refractivity contribution in [2.24, 2.45) is 0 Å². The second kappa shape index (κ2) is 17.7. The van der Waals surface area contributed by atoms with Gasteiger partial charge < -0.3 is 9.85 Å². The molecule has 0 N–H and O–H groups in total. The van der Waals surface area contributed by atoms with E-state index in [1.165, 1.54) is 70.6 Å². The van der Waals surface area contributed by atoms with Gasteiger partial charge in [-0.3, -0.25) is 4.79 Å². The first-order valence-electron chi connectivity index (χ1n) is 11.2. The number of nitrogens with zero attached hydrogens (tertiary/aromatic N) is 1. The number of ketones is 1. The molecule has 0 aliphatic carbocycles. The fourth-order valence-electron chi connectivity index (χ4n) is 3.17. The van der Waals surface area contributed by atoms with Gasteiger partial charge in [0.2, 0.25) is 0 Å². The molecular weight excluding hydrogens is 322 g/mol. The van der Waals surface area contributed by atoms with E-state index in [1.54, 1.807) is 14.1 Å². The first-order chi connectivity index (χ1) is 12.5. The summed E-state index contributed by atoms with van der Waals surface area (Å²) in [6.45, 7) is 2.81. The molecule has 154 valence electrons. The number of hydroxylamine groups is 3. The van der Waals surface area contributed by atoms with Crippen molar-refractivity contribution < 1.29 is 9.44 Å². The maximum atomic E-state index is 11.7. The molecule has 26 heavy (non-hydrogen) atoms. The topological polar surface area (TPSA) is 40.1 Å². The molecule has 0 aliphatic heterocycles. The highest BCUT2D eigenvalue weighted by Crippen LogP contribution is 2.11. The van der Waals surface area contributed by atoms with E-state index < -0.39 is 0 Å². The Bertz CT molecular complexity index is 345. The zero-order valence-corrected chi connectivity index (χ0v) is 17.9. The summed E-state index contributed by atoms with van der Waals surface area (Å²) < 4.78 is -0.291. The van der Waals surface area contributed by atoms with Crippen molar-refractivity contribution in [3.8, 4) is 0 Å². The Kier molecular flexibility index (Phi) is 17.3. The molecule has 0 bridgehead atoms. The predicted octanol–water partition coefficient (Wildman–Crippen LogP) is 6.95. The average molecular weight is 368 g/mol. The van der Waals surface area contributed by atoms with Crippen LogP contribution in [0.1, 0.15) is 110 Å². The van der Waals surface area contributed by atoms with Crippen LogP contribution in [0.3, 0.4) is 0 Å². The Morgan fingerprint density at radius 1 is 0.731 bits per heavy atom. The van der Waals surface area contributed by atoms with Crippen LogP contribution < -0.4 is 0 Å². The van der Waals surface area contributed by atoms with Crippen molar-refractivity contribution in [1.29, 1.82) is 0 Å². The molecule has 0 fully saturated rings. The van der Waals surface area contributed by atoms with Crippen LogP contribution in [-0.4, -0.2) is 31.1 Å². The molecule has 0 radical (unpaired) electrons. The van der Waals surface area contributed by atoms with Gasteiger partial charge in [0.15, 0.2) is 0 Å². The molecule has 0 aliphatic rings. The van der Waals surface area contributed by atoms with Crippen LogP contribution in [0.5, 0.6) is 0 Å². The molecule has 0 aromatic rings.